The van der Waals surface area contributed by atoms with E-state index < -0.39 is 0 Å². The molecule has 0 aromatic heterocycles. The first-order chi connectivity index (χ1) is 12.7. The SMILES string of the molecule is Clc1cc2c(cc1Cl)N(C1CCNCC1)CN(CCN1CCOCC1)C2. The van der Waals surface area contributed by atoms with Gasteiger partial charge in [0, 0.05) is 44.5 Å². The standard InChI is InChI=1S/C19H28Cl2N4O/c20-17-11-15-13-24(6-5-23-7-9-26-10-8-23)14-25(19(15)12-18(17)21)16-1-3-22-4-2-16/h11-12,16,22H,1-10,13-14H2. The molecule has 3 aliphatic heterocycles. The molecule has 0 unspecified atom stereocenters. The average molecular weight is 399 g/mol. The average Bonchev–Trinajstić information content (AvgIpc) is 2.68. The minimum absolute atomic E-state index is 0.568. The van der Waals surface area contributed by atoms with E-state index in [1.807, 2.05) is 0 Å². The molecule has 3 aliphatic rings. The van der Waals surface area contributed by atoms with Crippen LogP contribution in [0.4, 0.5) is 5.69 Å². The quantitative estimate of drug-likeness (QED) is 0.842. The molecular weight excluding hydrogens is 371 g/mol. The Morgan fingerprint density at radius 3 is 2.46 bits per heavy atom. The van der Waals surface area contributed by atoms with Gasteiger partial charge in [0.2, 0.25) is 0 Å². The molecular formula is C19H28Cl2N4O. The van der Waals surface area contributed by atoms with Crippen molar-refractivity contribution in [3.8, 4) is 0 Å². The van der Waals surface area contributed by atoms with E-state index >= 15 is 0 Å². The Hall–Kier alpha value is -0.560. The lowest BCUT2D eigenvalue weighted by Crippen LogP contribution is -2.52. The van der Waals surface area contributed by atoms with Crippen LogP contribution < -0.4 is 10.2 Å². The molecule has 5 nitrogen and oxygen atoms in total. The fraction of sp³-hybridized carbons (Fsp3) is 0.684. The lowest BCUT2D eigenvalue weighted by atomic mass is 10.0. The second-order valence-corrected chi connectivity index (χ2v) is 8.31. The fourth-order valence-electron chi connectivity index (χ4n) is 4.24. The highest BCUT2D eigenvalue weighted by Gasteiger charge is 2.30. The lowest BCUT2D eigenvalue weighted by Gasteiger charge is -2.45. The van der Waals surface area contributed by atoms with Gasteiger partial charge in [-0.2, -0.15) is 0 Å². The van der Waals surface area contributed by atoms with Crippen LogP contribution in [0, 0.1) is 0 Å². The van der Waals surface area contributed by atoms with Gasteiger partial charge in [0.15, 0.2) is 0 Å². The highest BCUT2D eigenvalue weighted by atomic mass is 35.5. The highest BCUT2D eigenvalue weighted by Crippen LogP contribution is 2.37. The summed E-state index contributed by atoms with van der Waals surface area (Å²) in [6.45, 7) is 10.1. The maximum absolute atomic E-state index is 6.35. The van der Waals surface area contributed by atoms with Crippen LogP contribution in [0.25, 0.3) is 0 Å². The third kappa shape index (κ3) is 4.29. The van der Waals surface area contributed by atoms with Crippen LogP contribution in [0.3, 0.4) is 0 Å². The van der Waals surface area contributed by atoms with Crippen molar-refractivity contribution in [2.24, 2.45) is 0 Å². The smallest absolute Gasteiger partial charge is 0.0713 e. The molecule has 144 valence electrons. The summed E-state index contributed by atoms with van der Waals surface area (Å²) in [5.41, 5.74) is 2.57. The van der Waals surface area contributed by atoms with Gasteiger partial charge in [-0.3, -0.25) is 9.80 Å². The van der Waals surface area contributed by atoms with Crippen molar-refractivity contribution in [2.45, 2.75) is 25.4 Å². The molecule has 0 atom stereocenters. The molecule has 1 aromatic rings. The summed E-state index contributed by atoms with van der Waals surface area (Å²) in [5.74, 6) is 0. The van der Waals surface area contributed by atoms with Crippen LogP contribution in [-0.2, 0) is 11.3 Å². The molecule has 0 amide bonds. The summed E-state index contributed by atoms with van der Waals surface area (Å²) in [6.07, 6.45) is 2.36. The van der Waals surface area contributed by atoms with Crippen LogP contribution in [0.2, 0.25) is 10.0 Å². The number of fused-ring (bicyclic) bond motifs is 1. The van der Waals surface area contributed by atoms with E-state index in [1.54, 1.807) is 0 Å². The van der Waals surface area contributed by atoms with Crippen molar-refractivity contribution in [1.29, 1.82) is 0 Å². The predicted molar refractivity (Wildman–Crippen MR) is 107 cm³/mol. The third-order valence-corrected chi connectivity index (χ3v) is 6.49. The van der Waals surface area contributed by atoms with Gasteiger partial charge in [0.1, 0.15) is 0 Å². The number of hydrogen-bond acceptors (Lipinski definition) is 5. The molecule has 0 saturated carbocycles. The van der Waals surface area contributed by atoms with Crippen molar-refractivity contribution in [1.82, 2.24) is 15.1 Å². The fourth-order valence-corrected chi connectivity index (χ4v) is 4.59. The van der Waals surface area contributed by atoms with Crippen molar-refractivity contribution in [2.75, 3.05) is 64.1 Å². The molecule has 0 radical (unpaired) electrons. The number of rotatable bonds is 4. The van der Waals surface area contributed by atoms with Gasteiger partial charge in [0.25, 0.3) is 0 Å². The Morgan fingerprint density at radius 2 is 1.69 bits per heavy atom. The number of anilines is 1. The Balaban J connectivity index is 1.50. The summed E-state index contributed by atoms with van der Waals surface area (Å²) in [5, 5.41) is 4.79. The van der Waals surface area contributed by atoms with Gasteiger partial charge in [-0.05, 0) is 43.6 Å². The number of benzene rings is 1. The molecule has 3 heterocycles. The normalized spacial score (nSPS) is 23.2. The van der Waals surface area contributed by atoms with Crippen LogP contribution >= 0.6 is 23.2 Å². The van der Waals surface area contributed by atoms with Gasteiger partial charge in [-0.25, -0.2) is 0 Å². The number of piperidine rings is 1. The van der Waals surface area contributed by atoms with E-state index in [0.717, 1.165) is 65.7 Å². The maximum Gasteiger partial charge on any atom is 0.0713 e. The molecule has 26 heavy (non-hydrogen) atoms. The molecule has 4 rings (SSSR count). The zero-order valence-corrected chi connectivity index (χ0v) is 16.7. The van der Waals surface area contributed by atoms with E-state index in [9.17, 15) is 0 Å². The molecule has 2 saturated heterocycles. The summed E-state index contributed by atoms with van der Waals surface area (Å²) >= 11 is 12.7. The van der Waals surface area contributed by atoms with Gasteiger partial charge in [-0.1, -0.05) is 23.2 Å². The number of nitrogens with zero attached hydrogens (tertiary/aromatic N) is 3. The van der Waals surface area contributed by atoms with Gasteiger partial charge < -0.3 is 15.0 Å². The topological polar surface area (TPSA) is 31.0 Å². The summed E-state index contributed by atoms with van der Waals surface area (Å²) in [7, 11) is 0. The van der Waals surface area contributed by atoms with Crippen LogP contribution in [0.1, 0.15) is 18.4 Å². The summed E-state index contributed by atoms with van der Waals surface area (Å²) in [4.78, 5) is 7.61. The number of halogens is 2. The Morgan fingerprint density at radius 1 is 1.00 bits per heavy atom. The minimum atomic E-state index is 0.568. The Kier molecular flexibility index (Phi) is 6.24. The first-order valence-electron chi connectivity index (χ1n) is 9.68. The number of ether oxygens (including phenoxy) is 1. The van der Waals surface area contributed by atoms with Crippen LogP contribution in [-0.4, -0.2) is 75.0 Å². The van der Waals surface area contributed by atoms with E-state index in [-0.39, 0.29) is 0 Å². The second kappa shape index (κ2) is 8.63. The zero-order chi connectivity index (χ0) is 17.9. The van der Waals surface area contributed by atoms with Crippen molar-refractivity contribution < 1.29 is 4.74 Å². The van der Waals surface area contributed by atoms with Crippen LogP contribution in [0.5, 0.6) is 0 Å². The maximum atomic E-state index is 6.35. The predicted octanol–water partition coefficient (Wildman–Crippen LogP) is 2.66. The molecule has 0 bridgehead atoms. The molecule has 1 aromatic carbocycles. The largest absolute Gasteiger partial charge is 0.379 e. The number of hydrogen-bond donors (Lipinski definition) is 1. The van der Waals surface area contributed by atoms with Crippen molar-refractivity contribution in [3.05, 3.63) is 27.7 Å². The monoisotopic (exact) mass is 398 g/mol. The molecule has 0 aliphatic carbocycles. The first kappa shape index (κ1) is 18.8. The van der Waals surface area contributed by atoms with Crippen molar-refractivity contribution in [3.63, 3.8) is 0 Å². The summed E-state index contributed by atoms with van der Waals surface area (Å²) < 4.78 is 5.46. The number of morpholine rings is 1. The highest BCUT2D eigenvalue weighted by molar-refractivity contribution is 6.42. The second-order valence-electron chi connectivity index (χ2n) is 7.49. The van der Waals surface area contributed by atoms with E-state index in [0.29, 0.717) is 16.1 Å². The van der Waals surface area contributed by atoms with E-state index in [4.69, 9.17) is 27.9 Å². The lowest BCUT2D eigenvalue weighted by molar-refractivity contribution is 0.0325. The van der Waals surface area contributed by atoms with E-state index in [1.165, 1.54) is 24.1 Å². The minimum Gasteiger partial charge on any atom is -0.379 e. The third-order valence-electron chi connectivity index (χ3n) is 5.76. The summed E-state index contributed by atoms with van der Waals surface area (Å²) in [6, 6.07) is 4.70. The zero-order valence-electron chi connectivity index (χ0n) is 15.2. The molecule has 1 N–H and O–H groups in total. The van der Waals surface area contributed by atoms with Crippen molar-refractivity contribution >= 4 is 28.9 Å². The van der Waals surface area contributed by atoms with Gasteiger partial charge in [0.05, 0.1) is 29.9 Å². The van der Waals surface area contributed by atoms with E-state index in [2.05, 4.69) is 32.1 Å². The number of nitrogens with one attached hydrogen (secondary N) is 1. The van der Waals surface area contributed by atoms with Gasteiger partial charge >= 0.3 is 0 Å². The Bertz CT molecular complexity index is 618. The van der Waals surface area contributed by atoms with Crippen LogP contribution in [0.15, 0.2) is 12.1 Å². The Labute approximate surface area is 166 Å². The molecule has 7 heteroatoms. The first-order valence-corrected chi connectivity index (χ1v) is 10.4. The molecule has 2 fully saturated rings. The molecule has 0 spiro atoms. The van der Waals surface area contributed by atoms with Gasteiger partial charge in [-0.15, -0.1) is 0 Å².